The average molecular weight is 294 g/mol. The van der Waals surface area contributed by atoms with E-state index in [1.807, 2.05) is 6.92 Å². The Morgan fingerprint density at radius 2 is 2.14 bits per heavy atom. The van der Waals surface area contributed by atoms with Crippen LogP contribution in [0.1, 0.15) is 37.7 Å². The molecule has 5 heteroatoms. The topological polar surface area (TPSA) is 55.1 Å². The largest absolute Gasteiger partial charge is 0.349 e. The summed E-state index contributed by atoms with van der Waals surface area (Å²) in [4.78, 5) is 12.3. The van der Waals surface area contributed by atoms with Crippen molar-refractivity contribution in [1.82, 2.24) is 5.32 Å². The first-order chi connectivity index (χ1) is 9.94. The molecule has 1 aromatic rings. The zero-order valence-corrected chi connectivity index (χ0v) is 12.0. The highest BCUT2D eigenvalue weighted by Gasteiger charge is 2.49. The zero-order valence-electron chi connectivity index (χ0n) is 12.0. The van der Waals surface area contributed by atoms with E-state index >= 15 is 0 Å². The summed E-state index contributed by atoms with van der Waals surface area (Å²) in [5, 5.41) is 3.04. The van der Waals surface area contributed by atoms with Crippen LogP contribution in [0.25, 0.3) is 0 Å². The molecule has 2 saturated carbocycles. The molecule has 3 rings (SSSR count). The lowest BCUT2D eigenvalue weighted by atomic mass is 9.95. The molecule has 1 aromatic carbocycles. The van der Waals surface area contributed by atoms with Crippen molar-refractivity contribution < 1.29 is 13.6 Å². The monoisotopic (exact) mass is 294 g/mol. The molecule has 2 aliphatic carbocycles. The number of nitrogens with one attached hydrogen (secondary N) is 1. The average Bonchev–Trinajstić information content (AvgIpc) is 3.29. The SMILES string of the molecule is CC(CN)(NC(=O)C1CC1c1ccc(F)cc1F)C1CC1. The fourth-order valence-corrected chi connectivity index (χ4v) is 3.05. The summed E-state index contributed by atoms with van der Waals surface area (Å²) >= 11 is 0. The van der Waals surface area contributed by atoms with E-state index in [1.165, 1.54) is 12.1 Å². The first-order valence-corrected chi connectivity index (χ1v) is 7.41. The van der Waals surface area contributed by atoms with Gasteiger partial charge in [0.05, 0.1) is 5.54 Å². The van der Waals surface area contributed by atoms with Gasteiger partial charge in [0.25, 0.3) is 0 Å². The van der Waals surface area contributed by atoms with Crippen molar-refractivity contribution in [1.29, 1.82) is 0 Å². The van der Waals surface area contributed by atoms with Gasteiger partial charge in [0.15, 0.2) is 0 Å². The van der Waals surface area contributed by atoms with E-state index in [1.54, 1.807) is 0 Å². The van der Waals surface area contributed by atoms with Gasteiger partial charge in [-0.1, -0.05) is 6.07 Å². The van der Waals surface area contributed by atoms with Crippen LogP contribution >= 0.6 is 0 Å². The van der Waals surface area contributed by atoms with Gasteiger partial charge in [-0.2, -0.15) is 0 Å². The van der Waals surface area contributed by atoms with Crippen LogP contribution in [0.2, 0.25) is 0 Å². The predicted molar refractivity (Wildman–Crippen MR) is 75.5 cm³/mol. The van der Waals surface area contributed by atoms with Gasteiger partial charge in [-0.05, 0) is 49.7 Å². The maximum atomic E-state index is 13.7. The molecule has 0 aromatic heterocycles. The fourth-order valence-electron chi connectivity index (χ4n) is 3.05. The summed E-state index contributed by atoms with van der Waals surface area (Å²) in [6.45, 7) is 2.38. The van der Waals surface area contributed by atoms with Crippen molar-refractivity contribution in [3.8, 4) is 0 Å². The molecule has 0 heterocycles. The Bertz CT molecular complexity index is 573. The minimum atomic E-state index is -0.595. The second-order valence-corrected chi connectivity index (χ2v) is 6.50. The number of benzene rings is 1. The van der Waals surface area contributed by atoms with Gasteiger partial charge in [-0.3, -0.25) is 4.79 Å². The smallest absolute Gasteiger partial charge is 0.224 e. The third-order valence-corrected chi connectivity index (χ3v) is 4.80. The van der Waals surface area contributed by atoms with Gasteiger partial charge in [0.1, 0.15) is 11.6 Å². The van der Waals surface area contributed by atoms with E-state index in [4.69, 9.17) is 5.73 Å². The van der Waals surface area contributed by atoms with Gasteiger partial charge < -0.3 is 11.1 Å². The van der Waals surface area contributed by atoms with Crippen LogP contribution in [0.15, 0.2) is 18.2 Å². The van der Waals surface area contributed by atoms with Crippen LogP contribution in [0.3, 0.4) is 0 Å². The predicted octanol–water partition coefficient (Wildman–Crippen LogP) is 2.31. The second-order valence-electron chi connectivity index (χ2n) is 6.50. The number of halogens is 2. The Kier molecular flexibility index (Phi) is 3.48. The Balaban J connectivity index is 1.65. The summed E-state index contributed by atoms with van der Waals surface area (Å²) in [7, 11) is 0. The van der Waals surface area contributed by atoms with E-state index in [-0.39, 0.29) is 23.3 Å². The number of rotatable bonds is 5. The van der Waals surface area contributed by atoms with Crippen LogP contribution < -0.4 is 11.1 Å². The van der Waals surface area contributed by atoms with Gasteiger partial charge in [0, 0.05) is 18.5 Å². The van der Waals surface area contributed by atoms with Crippen molar-refractivity contribution in [3.05, 3.63) is 35.4 Å². The van der Waals surface area contributed by atoms with Crippen molar-refractivity contribution >= 4 is 5.91 Å². The highest BCUT2D eigenvalue weighted by molar-refractivity contribution is 5.83. The van der Waals surface area contributed by atoms with Crippen LogP contribution in [-0.2, 0) is 4.79 Å². The lowest BCUT2D eigenvalue weighted by Gasteiger charge is -2.29. The molecule has 2 fully saturated rings. The van der Waals surface area contributed by atoms with Crippen molar-refractivity contribution in [2.24, 2.45) is 17.6 Å². The van der Waals surface area contributed by atoms with Crippen LogP contribution in [0.5, 0.6) is 0 Å². The normalized spacial score (nSPS) is 27.0. The van der Waals surface area contributed by atoms with E-state index in [0.717, 1.165) is 18.9 Å². The number of hydrogen-bond acceptors (Lipinski definition) is 2. The highest BCUT2D eigenvalue weighted by Crippen LogP contribution is 2.49. The summed E-state index contributed by atoms with van der Waals surface area (Å²) in [6, 6.07) is 3.54. The third-order valence-electron chi connectivity index (χ3n) is 4.80. The lowest BCUT2D eigenvalue weighted by molar-refractivity contribution is -0.124. The van der Waals surface area contributed by atoms with Gasteiger partial charge in [-0.25, -0.2) is 8.78 Å². The Morgan fingerprint density at radius 3 is 2.71 bits per heavy atom. The molecule has 0 saturated heterocycles. The Morgan fingerprint density at radius 1 is 1.43 bits per heavy atom. The van der Waals surface area contributed by atoms with Crippen molar-refractivity contribution in [2.45, 2.75) is 37.6 Å². The molecule has 3 unspecified atom stereocenters. The molecule has 3 atom stereocenters. The first kappa shape index (κ1) is 14.4. The van der Waals surface area contributed by atoms with Gasteiger partial charge >= 0.3 is 0 Å². The molecule has 0 spiro atoms. The zero-order chi connectivity index (χ0) is 15.2. The van der Waals surface area contributed by atoms with Crippen LogP contribution in [0.4, 0.5) is 8.78 Å². The van der Waals surface area contributed by atoms with Crippen molar-refractivity contribution in [3.63, 3.8) is 0 Å². The molecule has 0 bridgehead atoms. The fraction of sp³-hybridized carbons (Fsp3) is 0.562. The van der Waals surface area contributed by atoms with E-state index in [0.29, 0.717) is 24.4 Å². The van der Waals surface area contributed by atoms with E-state index in [9.17, 15) is 13.6 Å². The molecule has 114 valence electrons. The van der Waals surface area contributed by atoms with E-state index < -0.39 is 11.6 Å². The number of carbonyl (C=O) groups excluding carboxylic acids is 1. The van der Waals surface area contributed by atoms with Gasteiger partial charge in [0.2, 0.25) is 5.91 Å². The summed E-state index contributed by atoms with van der Waals surface area (Å²) < 4.78 is 26.6. The second kappa shape index (κ2) is 5.05. The quantitative estimate of drug-likeness (QED) is 0.875. The van der Waals surface area contributed by atoms with Crippen molar-refractivity contribution in [2.75, 3.05) is 6.54 Å². The number of nitrogens with two attached hydrogens (primary N) is 1. The number of carbonyl (C=O) groups is 1. The van der Waals surface area contributed by atoms with Crippen LogP contribution in [0, 0.1) is 23.5 Å². The molecule has 2 aliphatic rings. The third kappa shape index (κ3) is 2.79. The highest BCUT2D eigenvalue weighted by atomic mass is 19.1. The summed E-state index contributed by atoms with van der Waals surface area (Å²) in [5.41, 5.74) is 5.86. The van der Waals surface area contributed by atoms with Gasteiger partial charge in [-0.15, -0.1) is 0 Å². The summed E-state index contributed by atoms with van der Waals surface area (Å²) in [6.07, 6.45) is 2.79. The molecule has 3 nitrogen and oxygen atoms in total. The molecule has 3 N–H and O–H groups in total. The molecule has 0 aliphatic heterocycles. The van der Waals surface area contributed by atoms with Crippen LogP contribution in [-0.4, -0.2) is 18.0 Å². The molecular weight excluding hydrogens is 274 g/mol. The minimum Gasteiger partial charge on any atom is -0.349 e. The van der Waals surface area contributed by atoms with E-state index in [2.05, 4.69) is 5.32 Å². The minimum absolute atomic E-state index is 0.0661. The lowest BCUT2D eigenvalue weighted by Crippen LogP contribution is -2.53. The molecule has 21 heavy (non-hydrogen) atoms. The standard InChI is InChI=1S/C16H20F2N2O/c1-16(8-19,9-2-3-9)20-15(21)13-7-12(13)11-5-4-10(17)6-14(11)18/h4-6,9,12-13H,2-3,7-8,19H2,1H3,(H,20,21). The Labute approximate surface area is 122 Å². The maximum absolute atomic E-state index is 13.7. The number of hydrogen-bond donors (Lipinski definition) is 2. The molecule has 1 amide bonds. The molecular formula is C16H20F2N2O. The summed E-state index contributed by atoms with van der Waals surface area (Å²) in [5.74, 6) is -1.15. The number of amides is 1. The molecule has 0 radical (unpaired) electrons. The first-order valence-electron chi connectivity index (χ1n) is 7.41. The maximum Gasteiger partial charge on any atom is 0.224 e. The Hall–Kier alpha value is -1.49.